The number of aliphatic hydroxyl groups is 1. The number of esters is 3. The molecule has 49 heavy (non-hydrogen) atoms. The van der Waals surface area contributed by atoms with Crippen LogP contribution in [0, 0.1) is 5.92 Å². The van der Waals surface area contributed by atoms with Crippen LogP contribution < -0.4 is 0 Å². The van der Waals surface area contributed by atoms with E-state index in [9.17, 15) is 19.5 Å². The highest BCUT2D eigenvalue weighted by Gasteiger charge is 2.58. The Bertz CT molecular complexity index is 1300. The van der Waals surface area contributed by atoms with E-state index in [-0.39, 0.29) is 6.10 Å². The third kappa shape index (κ3) is 10.3. The van der Waals surface area contributed by atoms with E-state index in [1.54, 1.807) is 33.8 Å². The maximum absolute atomic E-state index is 13.1. The maximum atomic E-state index is 13.1. The lowest BCUT2D eigenvalue weighted by Gasteiger charge is -2.51. The molecular weight excluding hydrogens is 1000 g/mol. The van der Waals surface area contributed by atoms with E-state index in [1.807, 2.05) is 52.9 Å². The summed E-state index contributed by atoms with van der Waals surface area (Å²) in [4.78, 5) is 38.7. The van der Waals surface area contributed by atoms with Gasteiger partial charge in [0.05, 0.1) is 33.2 Å². The van der Waals surface area contributed by atoms with Crippen LogP contribution >= 0.6 is 79.5 Å². The second-order valence-electron chi connectivity index (χ2n) is 12.4. The van der Waals surface area contributed by atoms with Crippen LogP contribution in [0.15, 0.2) is 47.6 Å². The molecular formula is C33H43I3O12S. The monoisotopic (exact) mass is 1040 g/mol. The lowest BCUT2D eigenvalue weighted by Crippen LogP contribution is -2.66. The summed E-state index contributed by atoms with van der Waals surface area (Å²) in [5, 5.41) is 11.1. The topological polar surface area (TPSA) is 145 Å². The maximum Gasteiger partial charge on any atom is 0.314 e. The quantitative estimate of drug-likeness (QED) is 0.128. The number of hydrogen-bond acceptors (Lipinski definition) is 13. The van der Waals surface area contributed by atoms with Crippen molar-refractivity contribution in [1.29, 1.82) is 0 Å². The molecule has 3 heterocycles. The summed E-state index contributed by atoms with van der Waals surface area (Å²) in [5.74, 6) is -2.55. The van der Waals surface area contributed by atoms with Crippen molar-refractivity contribution in [1.82, 2.24) is 0 Å². The Labute approximate surface area is 332 Å². The van der Waals surface area contributed by atoms with Gasteiger partial charge in [-0.2, -0.15) is 0 Å². The summed E-state index contributed by atoms with van der Waals surface area (Å²) in [5.41, 5.74) is -1.59. The van der Waals surface area contributed by atoms with Gasteiger partial charge >= 0.3 is 17.9 Å². The van der Waals surface area contributed by atoms with Gasteiger partial charge in [0, 0.05) is 27.6 Å². The molecule has 1 aromatic rings. The molecule has 16 heteroatoms. The second-order valence-corrected chi connectivity index (χ2v) is 16.8. The molecule has 1 N–H and O–H groups in total. The van der Waals surface area contributed by atoms with Crippen molar-refractivity contribution in [3.63, 3.8) is 0 Å². The average Bonchev–Trinajstić information content (AvgIpc) is 3.02. The lowest BCUT2D eigenvalue weighted by atomic mass is 9.80. The van der Waals surface area contributed by atoms with Gasteiger partial charge in [-0.1, -0.05) is 86.0 Å². The van der Waals surface area contributed by atoms with E-state index >= 15 is 0 Å². The summed E-state index contributed by atoms with van der Waals surface area (Å²) < 4.78 is 49.4. The fourth-order valence-corrected chi connectivity index (χ4v) is 9.38. The number of benzene rings is 1. The first kappa shape index (κ1) is 41.3. The molecule has 3 aliphatic rings. The zero-order chi connectivity index (χ0) is 36.0. The SMILES string of the molecule is CC(=O)O[C@H]1[C@H](O[C@@H]2O[C@@H](C)[C@H](C(=O)OC(C)C)[C@@](C)(O)[C@H]2I)[C@@H](Sc2ccccc2)[C@H](O[C@@H]2C=CO[C@H](CI)[C@H]2OC(C)=O)O[C@@H]1CI. The van der Waals surface area contributed by atoms with E-state index in [2.05, 4.69) is 45.2 Å². The zero-order valence-corrected chi connectivity index (χ0v) is 35.2. The Morgan fingerprint density at radius 3 is 2.16 bits per heavy atom. The van der Waals surface area contributed by atoms with Crippen LogP contribution in [0.25, 0.3) is 0 Å². The fraction of sp³-hybridized carbons (Fsp3) is 0.667. The first-order valence-electron chi connectivity index (χ1n) is 15.9. The van der Waals surface area contributed by atoms with Crippen molar-refractivity contribution in [2.45, 2.75) is 123 Å². The van der Waals surface area contributed by atoms with Crippen LogP contribution in [-0.2, 0) is 52.3 Å². The highest BCUT2D eigenvalue weighted by Crippen LogP contribution is 2.44. The Balaban J connectivity index is 1.74. The highest BCUT2D eigenvalue weighted by atomic mass is 127. The van der Waals surface area contributed by atoms with Gasteiger partial charge in [-0.3, -0.25) is 14.4 Å². The number of hydrogen-bond donors (Lipinski definition) is 1. The number of ether oxygens (including phenoxy) is 8. The number of carbonyl (C=O) groups excluding carboxylic acids is 3. The molecule has 2 fully saturated rings. The van der Waals surface area contributed by atoms with Gasteiger partial charge in [0.2, 0.25) is 0 Å². The largest absolute Gasteiger partial charge is 0.493 e. The van der Waals surface area contributed by atoms with Gasteiger partial charge in [0.1, 0.15) is 30.3 Å². The molecule has 0 spiro atoms. The predicted molar refractivity (Wildman–Crippen MR) is 205 cm³/mol. The second kappa shape index (κ2) is 18.5. The van der Waals surface area contributed by atoms with E-state index in [0.717, 1.165) is 4.90 Å². The minimum atomic E-state index is -1.59. The van der Waals surface area contributed by atoms with E-state index < -0.39 is 93.9 Å². The van der Waals surface area contributed by atoms with E-state index in [0.29, 0.717) is 8.86 Å². The van der Waals surface area contributed by atoms with Crippen LogP contribution in [0.2, 0.25) is 0 Å². The molecule has 3 aliphatic heterocycles. The summed E-state index contributed by atoms with van der Waals surface area (Å²) in [6, 6.07) is 9.57. The van der Waals surface area contributed by atoms with E-state index in [1.165, 1.54) is 31.9 Å². The molecule has 0 radical (unpaired) electrons. The first-order valence-corrected chi connectivity index (χ1v) is 21.0. The van der Waals surface area contributed by atoms with Crippen molar-refractivity contribution in [2.75, 3.05) is 8.86 Å². The van der Waals surface area contributed by atoms with Crippen LogP contribution in [-0.4, -0.2) is 108 Å². The third-order valence-electron chi connectivity index (χ3n) is 8.16. The Kier molecular flexibility index (Phi) is 15.6. The van der Waals surface area contributed by atoms with Gasteiger partial charge in [0.25, 0.3) is 0 Å². The molecule has 0 aliphatic carbocycles. The summed E-state index contributed by atoms with van der Waals surface area (Å²) in [6.07, 6.45) is -4.37. The minimum Gasteiger partial charge on any atom is -0.493 e. The predicted octanol–water partition coefficient (Wildman–Crippen LogP) is 5.16. The van der Waals surface area contributed by atoms with Crippen LogP contribution in [0.1, 0.15) is 41.5 Å². The molecule has 13 atom stereocenters. The van der Waals surface area contributed by atoms with Gasteiger partial charge in [0.15, 0.2) is 24.8 Å². The van der Waals surface area contributed by atoms with Gasteiger partial charge in [-0.25, -0.2) is 0 Å². The van der Waals surface area contributed by atoms with Crippen LogP contribution in [0.4, 0.5) is 0 Å². The number of carbonyl (C=O) groups is 3. The van der Waals surface area contributed by atoms with Crippen molar-refractivity contribution < 1.29 is 57.4 Å². The molecule has 1 aromatic carbocycles. The van der Waals surface area contributed by atoms with Crippen molar-refractivity contribution in [2.24, 2.45) is 5.92 Å². The number of halogens is 3. The molecule has 12 nitrogen and oxygen atoms in total. The molecule has 0 saturated carbocycles. The number of rotatable bonds is 12. The standard InChI is InChI=1S/C33H43I3O12S/c1-16(2)42-30(39)24-17(3)43-32(29(36)33(24,6)40)48-27-26(45-19(5)38)23(15-35)47-31(28(27)49-20-10-8-7-9-11-20)46-21-12-13-41-22(14-34)25(21)44-18(4)37/h7-13,16-17,21-29,31-32,40H,14-15H2,1-6H3/t17-,21+,22+,23+,24+,25-,26+,27-,28+,29-,31+,32-,33+/m0/s1. The zero-order valence-electron chi connectivity index (χ0n) is 27.9. The molecule has 0 amide bonds. The summed E-state index contributed by atoms with van der Waals surface area (Å²) in [7, 11) is 0. The minimum absolute atomic E-state index is 0.375. The van der Waals surface area contributed by atoms with Gasteiger partial charge < -0.3 is 43.0 Å². The number of alkyl halides is 3. The fourth-order valence-electron chi connectivity index (χ4n) is 6.01. The number of thioether (sulfide) groups is 1. The Morgan fingerprint density at radius 2 is 1.57 bits per heavy atom. The molecule has 2 saturated heterocycles. The lowest BCUT2D eigenvalue weighted by molar-refractivity contribution is -0.310. The smallest absolute Gasteiger partial charge is 0.314 e. The normalized spacial score (nSPS) is 37.6. The van der Waals surface area contributed by atoms with Gasteiger partial charge in [-0.15, -0.1) is 11.8 Å². The molecule has 4 rings (SSSR count). The van der Waals surface area contributed by atoms with Crippen molar-refractivity contribution in [3.8, 4) is 0 Å². The molecule has 0 bridgehead atoms. The molecule has 0 aromatic heterocycles. The summed E-state index contributed by atoms with van der Waals surface area (Å²) >= 11 is 7.78. The Morgan fingerprint density at radius 1 is 0.939 bits per heavy atom. The third-order valence-corrected chi connectivity index (χ3v) is 13.1. The van der Waals surface area contributed by atoms with E-state index in [4.69, 9.17) is 37.9 Å². The van der Waals surface area contributed by atoms with Crippen LogP contribution in [0.3, 0.4) is 0 Å². The summed E-state index contributed by atoms with van der Waals surface area (Å²) in [6.45, 7) is 9.41. The van der Waals surface area contributed by atoms with Gasteiger partial charge in [-0.05, 0) is 45.9 Å². The molecule has 274 valence electrons. The van der Waals surface area contributed by atoms with Crippen molar-refractivity contribution in [3.05, 3.63) is 42.7 Å². The van der Waals surface area contributed by atoms with Crippen molar-refractivity contribution >= 4 is 97.4 Å². The molecule has 0 unspecified atom stereocenters. The van der Waals surface area contributed by atoms with Crippen LogP contribution in [0.5, 0.6) is 0 Å². The highest BCUT2D eigenvalue weighted by molar-refractivity contribution is 14.1. The first-order chi connectivity index (χ1) is 23.2. The Hall–Kier alpha value is -0.490. The average molecular weight is 1040 g/mol.